The van der Waals surface area contributed by atoms with E-state index in [0.717, 1.165) is 88.7 Å². The van der Waals surface area contributed by atoms with Gasteiger partial charge in [-0.15, -0.1) is 60.0 Å². The number of hydrogen-bond acceptors (Lipinski definition) is 12. The van der Waals surface area contributed by atoms with Crippen LogP contribution >= 0.6 is 11.6 Å². The van der Waals surface area contributed by atoms with Crippen LogP contribution in [0, 0.1) is 41.5 Å². The van der Waals surface area contributed by atoms with Gasteiger partial charge < -0.3 is 20.4 Å². The number of aryl methyl sites for hydroxylation is 6. The normalized spacial score (nSPS) is 11.5. The highest BCUT2D eigenvalue weighted by Gasteiger charge is 2.29. The Morgan fingerprint density at radius 3 is 0.988 bits per heavy atom. The molecule has 424 valence electrons. The zero-order valence-corrected chi connectivity index (χ0v) is 49.5. The molecule has 13 rings (SSSR count). The highest BCUT2D eigenvalue weighted by atomic mass is 35.5. The first-order chi connectivity index (χ1) is 40.0. The van der Waals surface area contributed by atoms with Gasteiger partial charge >= 0.3 is 0 Å². The SMILES string of the molecule is Cc1cc(-n2nc3ccc(Cl)cc3n2)c(O)c(C(C)(C)C)c1.Cc1cc(-n2nc3ccccc3n2)c(O)c(C(C)(C)c2ccccc2)c1.Cc1cc(C)c(O)c(-n2nc3ccccc3n2)c1.Cc1cc(C)c(O)c(-n2nc3ccccc3n2)c1. The van der Waals surface area contributed by atoms with E-state index < -0.39 is 0 Å². The Morgan fingerprint density at radius 2 is 0.619 bits per heavy atom. The first kappa shape index (κ1) is 57.3. The Labute approximate surface area is 491 Å². The summed E-state index contributed by atoms with van der Waals surface area (Å²) in [6.45, 7) is 22.2. The third-order valence-corrected chi connectivity index (χ3v) is 14.6. The number of hydrogen-bond donors (Lipinski definition) is 4. The van der Waals surface area contributed by atoms with E-state index in [1.54, 1.807) is 12.1 Å². The molecule has 0 saturated heterocycles. The van der Waals surface area contributed by atoms with E-state index in [2.05, 4.69) is 87.5 Å². The molecular formula is C67H65ClN12O4. The molecule has 13 aromatic rings. The van der Waals surface area contributed by atoms with Gasteiger partial charge in [0, 0.05) is 21.6 Å². The van der Waals surface area contributed by atoms with Crippen molar-refractivity contribution >= 4 is 55.7 Å². The largest absolute Gasteiger partial charge is 0.505 e. The van der Waals surface area contributed by atoms with Crippen LogP contribution in [0.5, 0.6) is 23.0 Å². The van der Waals surface area contributed by atoms with E-state index in [1.165, 1.54) is 19.2 Å². The Morgan fingerprint density at radius 1 is 0.321 bits per heavy atom. The predicted molar refractivity (Wildman–Crippen MR) is 333 cm³/mol. The molecule has 0 bridgehead atoms. The van der Waals surface area contributed by atoms with Crippen molar-refractivity contribution in [2.75, 3.05) is 0 Å². The summed E-state index contributed by atoms with van der Waals surface area (Å²) in [5.74, 6) is 0.871. The fourth-order valence-corrected chi connectivity index (χ4v) is 10.1. The molecule has 0 aliphatic rings. The van der Waals surface area contributed by atoms with E-state index in [9.17, 15) is 20.4 Å². The third-order valence-electron chi connectivity index (χ3n) is 14.4. The van der Waals surface area contributed by atoms with Crippen LogP contribution in [0.15, 0.2) is 170 Å². The van der Waals surface area contributed by atoms with Gasteiger partial charge in [-0.25, -0.2) is 0 Å². The number of fused-ring (bicyclic) bond motifs is 4. The molecule has 0 aliphatic heterocycles. The Balaban J connectivity index is 0.000000126. The molecule has 4 heterocycles. The lowest BCUT2D eigenvalue weighted by Gasteiger charge is -2.28. The lowest BCUT2D eigenvalue weighted by Crippen LogP contribution is -2.20. The van der Waals surface area contributed by atoms with Gasteiger partial charge in [-0.2, -0.15) is 0 Å². The van der Waals surface area contributed by atoms with E-state index in [-0.39, 0.29) is 33.8 Å². The van der Waals surface area contributed by atoms with E-state index in [0.29, 0.717) is 33.3 Å². The molecule has 16 nitrogen and oxygen atoms in total. The summed E-state index contributed by atoms with van der Waals surface area (Å²) in [7, 11) is 0. The molecule has 0 unspecified atom stereocenters. The minimum atomic E-state index is -0.349. The molecule has 0 spiro atoms. The summed E-state index contributed by atoms with van der Waals surface area (Å²) >= 11 is 5.99. The summed E-state index contributed by atoms with van der Waals surface area (Å²) in [5, 5.41) is 78.0. The minimum Gasteiger partial charge on any atom is -0.505 e. The second-order valence-corrected chi connectivity index (χ2v) is 23.0. The first-order valence-corrected chi connectivity index (χ1v) is 27.7. The van der Waals surface area contributed by atoms with Crippen LogP contribution in [0.3, 0.4) is 0 Å². The average molecular weight is 1140 g/mol. The number of benzene rings is 9. The van der Waals surface area contributed by atoms with Gasteiger partial charge in [-0.05, 0) is 165 Å². The first-order valence-electron chi connectivity index (χ1n) is 27.4. The molecule has 4 aromatic heterocycles. The average Bonchev–Trinajstić information content (AvgIpc) is 2.71. The molecule has 0 saturated carbocycles. The molecule has 0 amide bonds. The van der Waals surface area contributed by atoms with Crippen LogP contribution in [0.2, 0.25) is 5.02 Å². The maximum Gasteiger partial charge on any atom is 0.147 e. The standard InChI is InChI=1S/C22H21N3O.C17H18ClN3O.2C14H13N3O/c1-15-13-17(22(2,3)16-9-5-4-6-10-16)21(26)20(14-15)25-23-18-11-7-8-12-19(18)24-25;1-10-7-12(17(2,3)4)16(22)15(8-10)21-19-13-6-5-11(18)9-14(13)20-21;2*1-9-7-10(2)14(18)13(8-9)17-15-11-5-3-4-6-12(11)16-17/h4-14,26H,1-3H3;5-9,22H,1-4H3;2*3-8,18H,1-2H3. The van der Waals surface area contributed by atoms with E-state index >= 15 is 0 Å². The van der Waals surface area contributed by atoms with Crippen LogP contribution < -0.4 is 0 Å². The van der Waals surface area contributed by atoms with Crippen molar-refractivity contribution in [1.82, 2.24) is 60.0 Å². The van der Waals surface area contributed by atoms with Crippen molar-refractivity contribution in [3.8, 4) is 45.7 Å². The maximum atomic E-state index is 11.1. The van der Waals surface area contributed by atoms with Gasteiger partial charge in [0.15, 0.2) is 0 Å². The summed E-state index contributed by atoms with van der Waals surface area (Å²) in [4.78, 5) is 5.97. The van der Waals surface area contributed by atoms with Gasteiger partial charge in [0.1, 0.15) is 89.9 Å². The second-order valence-electron chi connectivity index (χ2n) is 22.6. The monoisotopic (exact) mass is 1140 g/mol. The van der Waals surface area contributed by atoms with Crippen molar-refractivity contribution in [2.45, 2.75) is 87.0 Å². The number of aromatic hydroxyl groups is 4. The molecule has 84 heavy (non-hydrogen) atoms. The highest BCUT2D eigenvalue weighted by Crippen LogP contribution is 2.41. The lowest BCUT2D eigenvalue weighted by molar-refractivity contribution is 0.440. The summed E-state index contributed by atoms with van der Waals surface area (Å²) in [6, 6.07) is 54.0. The molecule has 0 radical (unpaired) electrons. The van der Waals surface area contributed by atoms with E-state index in [4.69, 9.17) is 11.6 Å². The van der Waals surface area contributed by atoms with Gasteiger partial charge in [0.05, 0.1) is 0 Å². The van der Waals surface area contributed by atoms with Crippen molar-refractivity contribution < 1.29 is 20.4 Å². The molecule has 4 N–H and O–H groups in total. The van der Waals surface area contributed by atoms with Crippen molar-refractivity contribution in [1.29, 1.82) is 0 Å². The van der Waals surface area contributed by atoms with Crippen LogP contribution in [0.4, 0.5) is 0 Å². The van der Waals surface area contributed by atoms with Gasteiger partial charge in [-0.1, -0.05) is 137 Å². The topological polar surface area (TPSA) is 204 Å². The number of nitrogens with zero attached hydrogens (tertiary/aromatic N) is 12. The van der Waals surface area contributed by atoms with Crippen LogP contribution in [-0.4, -0.2) is 80.4 Å². The Bertz CT molecular complexity index is 4330. The quantitative estimate of drug-likeness (QED) is 0.123. The predicted octanol–water partition coefficient (Wildman–Crippen LogP) is 14.6. The minimum absolute atomic E-state index is 0.166. The zero-order chi connectivity index (χ0) is 59.8. The summed E-state index contributed by atoms with van der Waals surface area (Å²) < 4.78 is 0. The molecule has 9 aromatic carbocycles. The molecule has 0 aliphatic carbocycles. The summed E-state index contributed by atoms with van der Waals surface area (Å²) in [6.07, 6.45) is 0. The summed E-state index contributed by atoms with van der Waals surface area (Å²) in [5.41, 5.74) is 17.0. The highest BCUT2D eigenvalue weighted by molar-refractivity contribution is 6.31. The maximum absolute atomic E-state index is 11.1. The third kappa shape index (κ3) is 12.0. The molecule has 17 heteroatoms. The lowest BCUT2D eigenvalue weighted by atomic mass is 9.77. The van der Waals surface area contributed by atoms with Gasteiger partial charge in [0.25, 0.3) is 0 Å². The van der Waals surface area contributed by atoms with Crippen LogP contribution in [0.25, 0.3) is 66.9 Å². The van der Waals surface area contributed by atoms with E-state index in [1.807, 2.05) is 187 Å². The van der Waals surface area contributed by atoms with Gasteiger partial charge in [0.2, 0.25) is 0 Å². The van der Waals surface area contributed by atoms with Gasteiger partial charge in [-0.3, -0.25) is 0 Å². The number of phenols is 4. The smallest absolute Gasteiger partial charge is 0.147 e. The molecule has 0 atom stereocenters. The number of aromatic nitrogens is 12. The Kier molecular flexibility index (Phi) is 15.8. The fourth-order valence-electron chi connectivity index (χ4n) is 9.96. The molecule has 0 fully saturated rings. The van der Waals surface area contributed by atoms with Crippen LogP contribution in [0.1, 0.15) is 84.7 Å². The zero-order valence-electron chi connectivity index (χ0n) is 48.7. The van der Waals surface area contributed by atoms with Crippen LogP contribution in [-0.2, 0) is 10.8 Å². The Hall–Kier alpha value is -9.93. The van der Waals surface area contributed by atoms with Crippen molar-refractivity contribution in [3.63, 3.8) is 0 Å². The number of phenolic OH excluding ortho intramolecular Hbond substituents is 4. The number of rotatable bonds is 6. The molecular weight excluding hydrogens is 1070 g/mol. The van der Waals surface area contributed by atoms with Crippen molar-refractivity contribution in [3.05, 3.63) is 225 Å². The fraction of sp³-hybridized carbons (Fsp3) is 0.194. The second kappa shape index (κ2) is 23.1. The number of halogens is 1. The van der Waals surface area contributed by atoms with Crippen molar-refractivity contribution in [2.24, 2.45) is 0 Å².